The van der Waals surface area contributed by atoms with E-state index in [-0.39, 0.29) is 5.97 Å². The Bertz CT molecular complexity index is 542. The summed E-state index contributed by atoms with van der Waals surface area (Å²) in [7, 11) is 0. The molecule has 0 aliphatic carbocycles. The van der Waals surface area contributed by atoms with Crippen LogP contribution in [-0.4, -0.2) is 50.3 Å². The van der Waals surface area contributed by atoms with Crippen LogP contribution in [0.15, 0.2) is 18.2 Å². The molecule has 1 aromatic carbocycles. The SMILES string of the molecule is CCCCNc1ccc(C(=O)OCCCN2CCCCC2)c(OCC)c1. The predicted octanol–water partition coefficient (Wildman–Crippen LogP) is 4.33. The van der Waals surface area contributed by atoms with Gasteiger partial charge in [0, 0.05) is 24.8 Å². The standard InChI is InChI=1S/C21H34N2O3/c1-3-5-12-22-18-10-11-19(20(17-18)25-4-2)21(24)26-16-9-15-23-13-7-6-8-14-23/h10-11,17,22H,3-9,12-16H2,1-2H3. The molecule has 1 fully saturated rings. The number of nitrogens with zero attached hydrogens (tertiary/aromatic N) is 1. The number of unbranched alkanes of at least 4 members (excludes halogenated alkanes) is 1. The monoisotopic (exact) mass is 362 g/mol. The molecule has 1 N–H and O–H groups in total. The van der Waals surface area contributed by atoms with Crippen LogP contribution in [0, 0.1) is 0 Å². The zero-order valence-electron chi connectivity index (χ0n) is 16.4. The topological polar surface area (TPSA) is 50.8 Å². The fourth-order valence-corrected chi connectivity index (χ4v) is 3.20. The highest BCUT2D eigenvalue weighted by Gasteiger charge is 2.15. The number of carbonyl (C=O) groups is 1. The Kier molecular flexibility index (Phi) is 9.32. The van der Waals surface area contributed by atoms with E-state index in [1.54, 1.807) is 6.07 Å². The van der Waals surface area contributed by atoms with Crippen molar-refractivity contribution in [2.75, 3.05) is 44.7 Å². The number of likely N-dealkylation sites (tertiary alicyclic amines) is 1. The van der Waals surface area contributed by atoms with Gasteiger partial charge < -0.3 is 19.7 Å². The van der Waals surface area contributed by atoms with E-state index in [1.807, 2.05) is 19.1 Å². The molecule has 146 valence electrons. The molecule has 0 atom stereocenters. The predicted molar refractivity (Wildman–Crippen MR) is 106 cm³/mol. The minimum Gasteiger partial charge on any atom is -0.493 e. The first kappa shape index (κ1) is 20.6. The van der Waals surface area contributed by atoms with E-state index in [0.717, 1.165) is 38.0 Å². The second-order valence-corrected chi connectivity index (χ2v) is 6.82. The lowest BCUT2D eigenvalue weighted by atomic mass is 10.1. The molecule has 1 aromatic rings. The average molecular weight is 363 g/mol. The zero-order valence-corrected chi connectivity index (χ0v) is 16.4. The quantitative estimate of drug-likeness (QED) is 0.469. The van der Waals surface area contributed by atoms with Gasteiger partial charge in [-0.2, -0.15) is 0 Å². The van der Waals surface area contributed by atoms with Crippen molar-refractivity contribution in [3.63, 3.8) is 0 Å². The van der Waals surface area contributed by atoms with Crippen LogP contribution in [0.3, 0.4) is 0 Å². The van der Waals surface area contributed by atoms with Crippen LogP contribution in [-0.2, 0) is 4.74 Å². The van der Waals surface area contributed by atoms with Gasteiger partial charge in [0.2, 0.25) is 0 Å². The normalized spacial score (nSPS) is 14.8. The summed E-state index contributed by atoms with van der Waals surface area (Å²) < 4.78 is 11.1. The maximum Gasteiger partial charge on any atom is 0.341 e. The van der Waals surface area contributed by atoms with Crippen LogP contribution in [0.5, 0.6) is 5.75 Å². The Balaban J connectivity index is 1.83. The van der Waals surface area contributed by atoms with Gasteiger partial charge in [-0.1, -0.05) is 19.8 Å². The highest BCUT2D eigenvalue weighted by molar-refractivity contribution is 5.93. The number of esters is 1. The second kappa shape index (κ2) is 11.8. The number of hydrogen-bond acceptors (Lipinski definition) is 5. The molecule has 1 aliphatic rings. The van der Waals surface area contributed by atoms with Gasteiger partial charge in [0.05, 0.1) is 13.2 Å². The number of rotatable bonds is 11. The largest absolute Gasteiger partial charge is 0.493 e. The van der Waals surface area contributed by atoms with Crippen molar-refractivity contribution in [3.8, 4) is 5.75 Å². The van der Waals surface area contributed by atoms with Crippen LogP contribution < -0.4 is 10.1 Å². The van der Waals surface area contributed by atoms with Crippen LogP contribution in [0.1, 0.15) is 62.7 Å². The summed E-state index contributed by atoms with van der Waals surface area (Å²) in [5, 5.41) is 3.36. The first-order chi connectivity index (χ1) is 12.7. The number of nitrogens with one attached hydrogen (secondary N) is 1. The van der Waals surface area contributed by atoms with E-state index < -0.39 is 0 Å². The van der Waals surface area contributed by atoms with Crippen molar-refractivity contribution in [2.24, 2.45) is 0 Å². The maximum absolute atomic E-state index is 12.4. The van der Waals surface area contributed by atoms with E-state index in [1.165, 1.54) is 32.4 Å². The number of hydrogen-bond donors (Lipinski definition) is 1. The Morgan fingerprint density at radius 1 is 1.15 bits per heavy atom. The van der Waals surface area contributed by atoms with E-state index in [0.29, 0.717) is 24.5 Å². The summed E-state index contributed by atoms with van der Waals surface area (Å²) in [6, 6.07) is 5.61. The number of ether oxygens (including phenoxy) is 2. The molecule has 1 saturated heterocycles. The molecule has 5 heteroatoms. The molecule has 1 heterocycles. The first-order valence-corrected chi connectivity index (χ1v) is 10.1. The van der Waals surface area contributed by atoms with Crippen molar-refractivity contribution < 1.29 is 14.3 Å². The van der Waals surface area contributed by atoms with Crippen molar-refractivity contribution in [2.45, 2.75) is 52.4 Å². The van der Waals surface area contributed by atoms with Gasteiger partial charge in [-0.15, -0.1) is 0 Å². The van der Waals surface area contributed by atoms with Crippen molar-refractivity contribution in [3.05, 3.63) is 23.8 Å². The Labute approximate surface area is 158 Å². The van der Waals surface area contributed by atoms with Gasteiger partial charge in [0.15, 0.2) is 0 Å². The minimum absolute atomic E-state index is 0.299. The van der Waals surface area contributed by atoms with Gasteiger partial charge in [-0.3, -0.25) is 0 Å². The lowest BCUT2D eigenvalue weighted by Crippen LogP contribution is -2.31. The summed E-state index contributed by atoms with van der Waals surface area (Å²) in [5.41, 5.74) is 1.48. The molecule has 0 aromatic heterocycles. The summed E-state index contributed by atoms with van der Waals surface area (Å²) in [6.45, 7) is 9.34. The van der Waals surface area contributed by atoms with E-state index >= 15 is 0 Å². The molecular weight excluding hydrogens is 328 g/mol. The Hall–Kier alpha value is -1.75. The van der Waals surface area contributed by atoms with Crippen molar-refractivity contribution in [1.82, 2.24) is 4.90 Å². The van der Waals surface area contributed by atoms with Gasteiger partial charge in [0.1, 0.15) is 11.3 Å². The summed E-state index contributed by atoms with van der Waals surface area (Å²) >= 11 is 0. The number of piperidine rings is 1. The third-order valence-corrected chi connectivity index (χ3v) is 4.66. The second-order valence-electron chi connectivity index (χ2n) is 6.82. The molecule has 0 radical (unpaired) electrons. The third-order valence-electron chi connectivity index (χ3n) is 4.66. The molecular formula is C21H34N2O3. The Morgan fingerprint density at radius 3 is 2.69 bits per heavy atom. The van der Waals surface area contributed by atoms with Crippen molar-refractivity contribution >= 4 is 11.7 Å². The fraction of sp³-hybridized carbons (Fsp3) is 0.667. The van der Waals surface area contributed by atoms with Gasteiger partial charge >= 0.3 is 5.97 Å². The summed E-state index contributed by atoms with van der Waals surface area (Å²) in [4.78, 5) is 14.9. The lowest BCUT2D eigenvalue weighted by Gasteiger charge is -2.26. The van der Waals surface area contributed by atoms with Gasteiger partial charge in [-0.25, -0.2) is 4.79 Å². The maximum atomic E-state index is 12.4. The highest BCUT2D eigenvalue weighted by Crippen LogP contribution is 2.24. The van der Waals surface area contributed by atoms with Crippen LogP contribution in [0.4, 0.5) is 5.69 Å². The van der Waals surface area contributed by atoms with Crippen molar-refractivity contribution in [1.29, 1.82) is 0 Å². The molecule has 0 bridgehead atoms. The van der Waals surface area contributed by atoms with Crippen LogP contribution in [0.2, 0.25) is 0 Å². The van der Waals surface area contributed by atoms with Crippen LogP contribution in [0.25, 0.3) is 0 Å². The summed E-state index contributed by atoms with van der Waals surface area (Å²) in [6.07, 6.45) is 7.06. The minimum atomic E-state index is -0.299. The summed E-state index contributed by atoms with van der Waals surface area (Å²) in [5.74, 6) is 0.294. The number of benzene rings is 1. The smallest absolute Gasteiger partial charge is 0.341 e. The Morgan fingerprint density at radius 2 is 1.96 bits per heavy atom. The van der Waals surface area contributed by atoms with E-state index in [2.05, 4.69) is 17.1 Å². The molecule has 0 saturated carbocycles. The molecule has 2 rings (SSSR count). The first-order valence-electron chi connectivity index (χ1n) is 10.1. The number of anilines is 1. The molecule has 0 amide bonds. The zero-order chi connectivity index (χ0) is 18.6. The third kappa shape index (κ3) is 6.87. The molecule has 0 spiro atoms. The number of carbonyl (C=O) groups excluding carboxylic acids is 1. The molecule has 1 aliphatic heterocycles. The fourth-order valence-electron chi connectivity index (χ4n) is 3.20. The molecule has 0 unspecified atom stereocenters. The highest BCUT2D eigenvalue weighted by atomic mass is 16.5. The molecule has 26 heavy (non-hydrogen) atoms. The van der Waals surface area contributed by atoms with Crippen LogP contribution >= 0.6 is 0 Å². The van der Waals surface area contributed by atoms with E-state index in [4.69, 9.17) is 9.47 Å². The van der Waals surface area contributed by atoms with Gasteiger partial charge in [0.25, 0.3) is 0 Å². The average Bonchev–Trinajstić information content (AvgIpc) is 2.67. The lowest BCUT2D eigenvalue weighted by molar-refractivity contribution is 0.0481. The van der Waals surface area contributed by atoms with Gasteiger partial charge in [-0.05, 0) is 57.8 Å². The molecule has 5 nitrogen and oxygen atoms in total. The van der Waals surface area contributed by atoms with E-state index in [9.17, 15) is 4.79 Å².